The van der Waals surface area contributed by atoms with Crippen LogP contribution in [0, 0.1) is 0 Å². The Morgan fingerprint density at radius 2 is 2.04 bits per heavy atom. The molecular weight excluding hydrogens is 308 g/mol. The maximum Gasteiger partial charge on any atom is 0.387 e. The van der Waals surface area contributed by atoms with E-state index in [1.54, 1.807) is 19.1 Å². The molecule has 0 saturated heterocycles. The van der Waals surface area contributed by atoms with Crippen molar-refractivity contribution in [2.75, 3.05) is 6.61 Å². The number of alkyl halides is 2. The molecule has 0 atom stereocenters. The summed E-state index contributed by atoms with van der Waals surface area (Å²) in [5, 5.41) is 9.23. The fourth-order valence-corrected chi connectivity index (χ4v) is 2.07. The van der Waals surface area contributed by atoms with Crippen molar-refractivity contribution in [1.29, 1.82) is 0 Å². The van der Waals surface area contributed by atoms with Gasteiger partial charge in [-0.3, -0.25) is 4.98 Å². The lowest BCUT2D eigenvalue weighted by atomic mass is 9.99. The number of aliphatic hydroxyl groups is 1. The number of halogens is 2. The van der Waals surface area contributed by atoms with Gasteiger partial charge in [-0.1, -0.05) is 18.2 Å². The average molecular weight is 323 g/mol. The Morgan fingerprint density at radius 1 is 1.30 bits per heavy atom. The number of hydrogen-bond acceptors (Lipinski definition) is 5. The standard InChI is InChI=1S/C16H15F2NO4/c1-2-22-15(21)13-8-19-10(9-20)7-12(13)11-5-3-4-6-14(11)23-16(17)18/h3-8,16,20H,2,9H2,1H3. The Balaban J connectivity index is 2.59. The van der Waals surface area contributed by atoms with Gasteiger partial charge in [-0.2, -0.15) is 8.78 Å². The van der Waals surface area contributed by atoms with Gasteiger partial charge in [-0.15, -0.1) is 0 Å². The van der Waals surface area contributed by atoms with Crippen LogP contribution in [0.5, 0.6) is 5.75 Å². The molecule has 0 aliphatic carbocycles. The molecule has 1 heterocycles. The van der Waals surface area contributed by atoms with Crippen molar-refractivity contribution < 1.29 is 28.2 Å². The fourth-order valence-electron chi connectivity index (χ4n) is 2.07. The number of hydrogen-bond donors (Lipinski definition) is 1. The van der Waals surface area contributed by atoms with E-state index in [0.29, 0.717) is 11.3 Å². The molecule has 0 fully saturated rings. The highest BCUT2D eigenvalue weighted by Gasteiger charge is 2.19. The van der Waals surface area contributed by atoms with E-state index in [2.05, 4.69) is 9.72 Å². The van der Waals surface area contributed by atoms with Gasteiger partial charge < -0.3 is 14.6 Å². The molecule has 122 valence electrons. The van der Waals surface area contributed by atoms with E-state index in [-0.39, 0.29) is 30.1 Å². The van der Waals surface area contributed by atoms with Crippen molar-refractivity contribution in [3.63, 3.8) is 0 Å². The molecule has 0 bridgehead atoms. The van der Waals surface area contributed by atoms with E-state index in [9.17, 15) is 18.7 Å². The summed E-state index contributed by atoms with van der Waals surface area (Å²) in [5.74, 6) is -0.713. The molecule has 0 spiro atoms. The Kier molecular flexibility index (Phi) is 5.59. The summed E-state index contributed by atoms with van der Waals surface area (Å²) in [4.78, 5) is 16.0. The van der Waals surface area contributed by atoms with Crippen molar-refractivity contribution in [3.05, 3.63) is 47.8 Å². The first-order valence-electron chi connectivity index (χ1n) is 6.88. The molecule has 0 aliphatic heterocycles. The second-order valence-corrected chi connectivity index (χ2v) is 4.47. The first-order valence-corrected chi connectivity index (χ1v) is 6.88. The van der Waals surface area contributed by atoms with Gasteiger partial charge in [-0.25, -0.2) is 4.79 Å². The predicted octanol–water partition coefficient (Wildman–Crippen LogP) is 3.02. The number of rotatable bonds is 6. The number of nitrogens with zero attached hydrogens (tertiary/aromatic N) is 1. The molecule has 2 aromatic rings. The summed E-state index contributed by atoms with van der Waals surface area (Å²) < 4.78 is 34.6. The Morgan fingerprint density at radius 3 is 2.70 bits per heavy atom. The third-order valence-electron chi connectivity index (χ3n) is 3.01. The number of aromatic nitrogens is 1. The summed E-state index contributed by atoms with van der Waals surface area (Å²) in [6.07, 6.45) is 1.25. The van der Waals surface area contributed by atoms with E-state index in [1.807, 2.05) is 0 Å². The second kappa shape index (κ2) is 7.64. The second-order valence-electron chi connectivity index (χ2n) is 4.47. The van der Waals surface area contributed by atoms with Gasteiger partial charge >= 0.3 is 12.6 Å². The lowest BCUT2D eigenvalue weighted by Gasteiger charge is -2.14. The number of carbonyl (C=O) groups excluding carboxylic acids is 1. The van der Waals surface area contributed by atoms with Gasteiger partial charge in [0, 0.05) is 17.3 Å². The molecular formula is C16H15F2NO4. The zero-order valence-corrected chi connectivity index (χ0v) is 12.3. The van der Waals surface area contributed by atoms with E-state index >= 15 is 0 Å². The summed E-state index contributed by atoms with van der Waals surface area (Å²) in [5.41, 5.74) is 0.987. The van der Waals surface area contributed by atoms with Crippen molar-refractivity contribution in [2.24, 2.45) is 0 Å². The van der Waals surface area contributed by atoms with Gasteiger partial charge in [0.15, 0.2) is 0 Å². The third kappa shape index (κ3) is 4.01. The molecule has 1 aromatic carbocycles. The van der Waals surface area contributed by atoms with Crippen LogP contribution in [0.2, 0.25) is 0 Å². The summed E-state index contributed by atoms with van der Waals surface area (Å²) in [6, 6.07) is 7.52. The molecule has 0 amide bonds. The average Bonchev–Trinajstić information content (AvgIpc) is 2.54. The van der Waals surface area contributed by atoms with E-state index in [4.69, 9.17) is 4.74 Å². The molecule has 5 nitrogen and oxygen atoms in total. The lowest BCUT2D eigenvalue weighted by molar-refractivity contribution is -0.0494. The van der Waals surface area contributed by atoms with Crippen LogP contribution in [0.3, 0.4) is 0 Å². The zero-order chi connectivity index (χ0) is 16.8. The fraction of sp³-hybridized carbons (Fsp3) is 0.250. The highest BCUT2D eigenvalue weighted by molar-refractivity contribution is 5.97. The van der Waals surface area contributed by atoms with Gasteiger partial charge in [0.05, 0.1) is 24.5 Å². The number of ether oxygens (including phenoxy) is 2. The monoisotopic (exact) mass is 323 g/mol. The van der Waals surface area contributed by atoms with Crippen LogP contribution in [-0.2, 0) is 11.3 Å². The normalized spacial score (nSPS) is 10.7. The molecule has 23 heavy (non-hydrogen) atoms. The summed E-state index contributed by atoms with van der Waals surface area (Å²) >= 11 is 0. The van der Waals surface area contributed by atoms with Crippen molar-refractivity contribution in [3.8, 4) is 16.9 Å². The summed E-state index contributed by atoms with van der Waals surface area (Å²) in [6.45, 7) is -1.54. The smallest absolute Gasteiger partial charge is 0.387 e. The van der Waals surface area contributed by atoms with E-state index in [0.717, 1.165) is 0 Å². The maximum absolute atomic E-state index is 12.6. The number of pyridine rings is 1. The minimum absolute atomic E-state index is 0.0804. The first-order chi connectivity index (χ1) is 11.1. The molecule has 0 saturated carbocycles. The molecule has 0 unspecified atom stereocenters. The van der Waals surface area contributed by atoms with Crippen LogP contribution in [0.15, 0.2) is 36.5 Å². The molecule has 1 aromatic heterocycles. The highest BCUT2D eigenvalue weighted by Crippen LogP contribution is 2.33. The van der Waals surface area contributed by atoms with Crippen molar-refractivity contribution in [1.82, 2.24) is 4.98 Å². The third-order valence-corrected chi connectivity index (χ3v) is 3.01. The first kappa shape index (κ1) is 16.8. The van der Waals surface area contributed by atoms with Crippen molar-refractivity contribution >= 4 is 5.97 Å². The van der Waals surface area contributed by atoms with Crippen LogP contribution < -0.4 is 4.74 Å². The number of esters is 1. The van der Waals surface area contributed by atoms with E-state index < -0.39 is 12.6 Å². The largest absolute Gasteiger partial charge is 0.462 e. The highest BCUT2D eigenvalue weighted by atomic mass is 19.3. The molecule has 0 aliphatic rings. The van der Waals surface area contributed by atoms with Crippen LogP contribution >= 0.6 is 0 Å². The Labute approximate surface area is 131 Å². The Bertz CT molecular complexity index is 692. The van der Waals surface area contributed by atoms with Crippen molar-refractivity contribution in [2.45, 2.75) is 20.1 Å². The van der Waals surface area contributed by atoms with Crippen LogP contribution in [-0.4, -0.2) is 29.3 Å². The van der Waals surface area contributed by atoms with Gasteiger partial charge in [0.25, 0.3) is 0 Å². The Hall–Kier alpha value is -2.54. The SMILES string of the molecule is CCOC(=O)c1cnc(CO)cc1-c1ccccc1OC(F)F. The lowest BCUT2D eigenvalue weighted by Crippen LogP contribution is -2.09. The minimum Gasteiger partial charge on any atom is -0.462 e. The van der Waals surface area contributed by atoms with Crippen LogP contribution in [0.4, 0.5) is 8.78 Å². The van der Waals surface area contributed by atoms with Gasteiger partial charge in [0.1, 0.15) is 5.75 Å². The van der Waals surface area contributed by atoms with Crippen LogP contribution in [0.1, 0.15) is 23.0 Å². The summed E-state index contributed by atoms with van der Waals surface area (Å²) in [7, 11) is 0. The molecule has 0 radical (unpaired) electrons. The number of para-hydroxylation sites is 1. The zero-order valence-electron chi connectivity index (χ0n) is 12.3. The number of carbonyl (C=O) groups is 1. The molecule has 2 rings (SSSR count). The van der Waals surface area contributed by atoms with Crippen LogP contribution in [0.25, 0.3) is 11.1 Å². The molecule has 7 heteroatoms. The van der Waals surface area contributed by atoms with Gasteiger partial charge in [-0.05, 0) is 19.1 Å². The number of aliphatic hydroxyl groups excluding tert-OH is 1. The predicted molar refractivity (Wildman–Crippen MR) is 78.2 cm³/mol. The maximum atomic E-state index is 12.6. The minimum atomic E-state index is -3.00. The quantitative estimate of drug-likeness (QED) is 0.828. The molecule has 1 N–H and O–H groups in total. The number of benzene rings is 1. The van der Waals surface area contributed by atoms with Gasteiger partial charge in [0.2, 0.25) is 0 Å². The van der Waals surface area contributed by atoms with E-state index in [1.165, 1.54) is 24.4 Å². The topological polar surface area (TPSA) is 68.7 Å².